The van der Waals surface area contributed by atoms with Crippen molar-refractivity contribution < 1.29 is 12.8 Å². The first kappa shape index (κ1) is 9.19. The smallest absolute Gasteiger partial charge is 0.151 e. The lowest BCUT2D eigenvalue weighted by Crippen LogP contribution is -2.02. The largest absolute Gasteiger partial charge is 0.229 e. The minimum absolute atomic E-state index is 0.167. The van der Waals surface area contributed by atoms with Gasteiger partial charge in [-0.3, -0.25) is 0 Å². The summed E-state index contributed by atoms with van der Waals surface area (Å²) >= 11 is 0. The van der Waals surface area contributed by atoms with Crippen LogP contribution in [0, 0.1) is 11.9 Å². The maximum atomic E-state index is 12.8. The van der Waals surface area contributed by atoms with E-state index >= 15 is 0 Å². The molecule has 1 aromatic rings. The van der Waals surface area contributed by atoms with Crippen molar-refractivity contribution in [3.8, 4) is 0 Å². The molecule has 0 bridgehead atoms. The highest BCUT2D eigenvalue weighted by molar-refractivity contribution is 7.89. The summed E-state index contributed by atoms with van der Waals surface area (Å²) in [5.74, 6) is -0.768. The van der Waals surface area contributed by atoms with Gasteiger partial charge in [0.2, 0.25) is 0 Å². The van der Waals surface area contributed by atoms with Crippen LogP contribution in [0.1, 0.15) is 5.56 Å². The predicted octanol–water partition coefficient (Wildman–Crippen LogP) is 1.17. The second kappa shape index (κ2) is 3.23. The highest BCUT2D eigenvalue weighted by atomic mass is 32.2. The van der Waals surface area contributed by atoms with Gasteiger partial charge in [-0.25, -0.2) is 12.8 Å². The van der Waals surface area contributed by atoms with Crippen LogP contribution in [0.25, 0.3) is 0 Å². The van der Waals surface area contributed by atoms with Crippen molar-refractivity contribution in [1.29, 1.82) is 0 Å². The molecule has 0 spiro atoms. The Kier molecular flexibility index (Phi) is 2.47. The van der Waals surface area contributed by atoms with Gasteiger partial charge in [-0.05, 0) is 18.2 Å². The minimum atomic E-state index is -3.16. The molecule has 0 aromatic heterocycles. The molecule has 65 valence electrons. The van der Waals surface area contributed by atoms with E-state index in [9.17, 15) is 12.8 Å². The van der Waals surface area contributed by atoms with Gasteiger partial charge in [-0.2, -0.15) is 0 Å². The van der Waals surface area contributed by atoms with E-state index in [1.165, 1.54) is 18.2 Å². The van der Waals surface area contributed by atoms with Gasteiger partial charge in [-0.1, -0.05) is 6.07 Å². The van der Waals surface area contributed by atoms with E-state index in [4.69, 9.17) is 0 Å². The summed E-state index contributed by atoms with van der Waals surface area (Å²) in [6, 6.07) is 6.56. The van der Waals surface area contributed by atoms with Gasteiger partial charge in [0.25, 0.3) is 0 Å². The van der Waals surface area contributed by atoms with Crippen molar-refractivity contribution in [1.82, 2.24) is 0 Å². The average molecular weight is 187 g/mol. The molecule has 0 heterocycles. The minimum Gasteiger partial charge on any atom is -0.229 e. The molecule has 4 heteroatoms. The fraction of sp³-hybridized carbons (Fsp3) is 0.250. The zero-order chi connectivity index (χ0) is 9.19. The molecule has 0 saturated carbocycles. The molecule has 2 nitrogen and oxygen atoms in total. The molecule has 0 amide bonds. The number of hydrogen-bond acceptors (Lipinski definition) is 2. The summed E-state index contributed by atoms with van der Waals surface area (Å²) in [5, 5.41) is 0. The van der Waals surface area contributed by atoms with Gasteiger partial charge in [0.05, 0.1) is 5.75 Å². The number of benzene rings is 1. The lowest BCUT2D eigenvalue weighted by molar-refractivity contribution is 0.591. The van der Waals surface area contributed by atoms with E-state index in [1.807, 2.05) is 0 Å². The van der Waals surface area contributed by atoms with Crippen molar-refractivity contribution in [2.45, 2.75) is 5.75 Å². The summed E-state index contributed by atoms with van der Waals surface area (Å²) in [6.45, 7) is 0. The molecule has 0 aliphatic heterocycles. The van der Waals surface area contributed by atoms with E-state index in [1.54, 1.807) is 0 Å². The molecule has 0 aliphatic carbocycles. The van der Waals surface area contributed by atoms with E-state index < -0.39 is 15.7 Å². The third-order valence-electron chi connectivity index (χ3n) is 1.31. The Hall–Kier alpha value is -0.900. The van der Waals surface area contributed by atoms with Crippen molar-refractivity contribution in [3.63, 3.8) is 0 Å². The van der Waals surface area contributed by atoms with Crippen molar-refractivity contribution in [2.75, 3.05) is 6.26 Å². The molecule has 0 aliphatic rings. The molecule has 0 unspecified atom stereocenters. The van der Waals surface area contributed by atoms with E-state index in [0.29, 0.717) is 0 Å². The number of halogens is 1. The Morgan fingerprint density at radius 3 is 2.75 bits per heavy atom. The molecular weight excluding hydrogens is 179 g/mol. The predicted molar refractivity (Wildman–Crippen MR) is 43.8 cm³/mol. The first-order valence-corrected chi connectivity index (χ1v) is 5.37. The van der Waals surface area contributed by atoms with E-state index in [-0.39, 0.29) is 11.3 Å². The second-order valence-corrected chi connectivity index (χ2v) is 4.73. The molecule has 0 N–H and O–H groups in total. The van der Waals surface area contributed by atoms with Crippen LogP contribution >= 0.6 is 0 Å². The van der Waals surface area contributed by atoms with Crippen molar-refractivity contribution in [2.24, 2.45) is 0 Å². The Labute approximate surface area is 71.0 Å². The van der Waals surface area contributed by atoms with Gasteiger partial charge in [-0.15, -0.1) is 0 Å². The van der Waals surface area contributed by atoms with E-state index in [0.717, 1.165) is 6.26 Å². The standard InChI is InChI=1S/C8H8FO2S/c1-12(10,11)6-7-4-2-3-5-8(7)9/h3-5H,6H2,1H3. The Morgan fingerprint density at radius 2 is 2.25 bits per heavy atom. The molecule has 0 atom stereocenters. The van der Waals surface area contributed by atoms with Crippen LogP contribution in [0.4, 0.5) is 4.39 Å². The normalized spacial score (nSPS) is 11.5. The first-order valence-electron chi connectivity index (χ1n) is 3.31. The summed E-state index contributed by atoms with van der Waals surface area (Å²) in [7, 11) is -3.16. The van der Waals surface area contributed by atoms with Crippen LogP contribution in [-0.4, -0.2) is 14.7 Å². The van der Waals surface area contributed by atoms with Crippen molar-refractivity contribution >= 4 is 9.84 Å². The summed E-state index contributed by atoms with van der Waals surface area (Å²) in [4.78, 5) is 0. The monoisotopic (exact) mass is 187 g/mol. The average Bonchev–Trinajstić information content (AvgIpc) is 1.91. The Bertz CT molecular complexity index is 370. The molecule has 0 fully saturated rings. The fourth-order valence-corrected chi connectivity index (χ4v) is 1.63. The maximum absolute atomic E-state index is 12.8. The second-order valence-electron chi connectivity index (χ2n) is 2.59. The van der Waals surface area contributed by atoms with Gasteiger partial charge in [0, 0.05) is 11.8 Å². The van der Waals surface area contributed by atoms with Crippen LogP contribution in [0.5, 0.6) is 0 Å². The summed E-state index contributed by atoms with van der Waals surface area (Å²) in [5.41, 5.74) is 0.167. The Morgan fingerprint density at radius 1 is 1.58 bits per heavy atom. The third kappa shape index (κ3) is 2.62. The van der Waals surface area contributed by atoms with Crippen LogP contribution in [0.15, 0.2) is 18.2 Å². The molecule has 0 saturated heterocycles. The third-order valence-corrected chi connectivity index (χ3v) is 2.14. The molecule has 12 heavy (non-hydrogen) atoms. The number of rotatable bonds is 2. The highest BCUT2D eigenvalue weighted by Crippen LogP contribution is 2.08. The van der Waals surface area contributed by atoms with Crippen LogP contribution in [0.3, 0.4) is 0 Å². The van der Waals surface area contributed by atoms with Gasteiger partial charge in [0.15, 0.2) is 9.84 Å². The SMILES string of the molecule is CS(=O)(=O)Cc1c[c]ccc1F. The quantitative estimate of drug-likeness (QED) is 0.696. The van der Waals surface area contributed by atoms with Crippen LogP contribution in [-0.2, 0) is 15.6 Å². The van der Waals surface area contributed by atoms with Crippen LogP contribution < -0.4 is 0 Å². The molecule has 1 radical (unpaired) electrons. The van der Waals surface area contributed by atoms with Gasteiger partial charge in [0.1, 0.15) is 5.82 Å². The molecular formula is C8H8FO2S. The lowest BCUT2D eigenvalue weighted by atomic mass is 10.2. The Balaban J connectivity index is 2.98. The lowest BCUT2D eigenvalue weighted by Gasteiger charge is -1.99. The van der Waals surface area contributed by atoms with Crippen LogP contribution in [0.2, 0.25) is 0 Å². The number of hydrogen-bond donors (Lipinski definition) is 0. The topological polar surface area (TPSA) is 34.1 Å². The van der Waals surface area contributed by atoms with Gasteiger partial charge < -0.3 is 0 Å². The zero-order valence-electron chi connectivity index (χ0n) is 6.54. The number of sulfone groups is 1. The van der Waals surface area contributed by atoms with Gasteiger partial charge >= 0.3 is 0 Å². The van der Waals surface area contributed by atoms with Crippen molar-refractivity contribution in [3.05, 3.63) is 35.6 Å². The molecule has 1 aromatic carbocycles. The first-order chi connectivity index (χ1) is 5.49. The summed E-state index contributed by atoms with van der Waals surface area (Å²) < 4.78 is 34.4. The fourth-order valence-electron chi connectivity index (χ4n) is 0.839. The molecule has 1 rings (SSSR count). The highest BCUT2D eigenvalue weighted by Gasteiger charge is 2.07. The summed E-state index contributed by atoms with van der Waals surface area (Å²) in [6.07, 6.45) is 1.07. The maximum Gasteiger partial charge on any atom is 0.151 e. The van der Waals surface area contributed by atoms with E-state index in [2.05, 4.69) is 6.07 Å². The zero-order valence-corrected chi connectivity index (χ0v) is 7.36.